The molecule has 1 saturated carbocycles. The summed E-state index contributed by atoms with van der Waals surface area (Å²) in [4.78, 5) is 12.9. The van der Waals surface area contributed by atoms with Gasteiger partial charge in [0.2, 0.25) is 5.91 Å². The molecule has 120 valence electrons. The van der Waals surface area contributed by atoms with Gasteiger partial charge in [0.25, 0.3) is 0 Å². The number of hydrogen-bond acceptors (Lipinski definition) is 1. The molecule has 2 nitrogen and oxygen atoms in total. The molecule has 0 bridgehead atoms. The van der Waals surface area contributed by atoms with Crippen LogP contribution in [-0.2, 0) is 10.2 Å². The van der Waals surface area contributed by atoms with Crippen LogP contribution < -0.4 is 5.32 Å². The summed E-state index contributed by atoms with van der Waals surface area (Å²) in [7, 11) is 0. The van der Waals surface area contributed by atoms with Crippen molar-refractivity contribution in [2.75, 3.05) is 5.32 Å². The Labute approximate surface area is 134 Å². The average Bonchev–Trinajstić information content (AvgIpc) is 3.02. The highest BCUT2D eigenvalue weighted by Gasteiger charge is 2.42. The van der Waals surface area contributed by atoms with Crippen molar-refractivity contribution in [1.29, 1.82) is 0 Å². The zero-order chi connectivity index (χ0) is 16.4. The molecule has 1 fully saturated rings. The molecule has 3 rings (SSSR count). The lowest BCUT2D eigenvalue weighted by atomic mass is 9.78. The number of anilines is 1. The van der Waals surface area contributed by atoms with Crippen LogP contribution in [0.15, 0.2) is 42.5 Å². The third-order valence-corrected chi connectivity index (χ3v) is 4.66. The van der Waals surface area contributed by atoms with E-state index in [0.29, 0.717) is 12.8 Å². The fourth-order valence-corrected chi connectivity index (χ4v) is 3.37. The summed E-state index contributed by atoms with van der Waals surface area (Å²) in [6.45, 7) is 1.85. The van der Waals surface area contributed by atoms with E-state index in [2.05, 4.69) is 5.32 Å². The van der Waals surface area contributed by atoms with Crippen LogP contribution >= 0.6 is 0 Å². The third-order valence-electron chi connectivity index (χ3n) is 4.66. The largest absolute Gasteiger partial charge is 0.323 e. The van der Waals surface area contributed by atoms with Gasteiger partial charge in [0.15, 0.2) is 0 Å². The summed E-state index contributed by atoms with van der Waals surface area (Å²) in [5.74, 6) is -0.991. The maximum Gasteiger partial charge on any atom is 0.235 e. The highest BCUT2D eigenvalue weighted by atomic mass is 19.1. The van der Waals surface area contributed by atoms with E-state index in [-0.39, 0.29) is 17.4 Å². The number of benzene rings is 2. The van der Waals surface area contributed by atoms with Crippen molar-refractivity contribution in [1.82, 2.24) is 0 Å². The monoisotopic (exact) mass is 315 g/mol. The molecular weight excluding hydrogens is 296 g/mol. The summed E-state index contributed by atoms with van der Waals surface area (Å²) in [6, 6.07) is 10.7. The second-order valence-electron chi connectivity index (χ2n) is 6.23. The molecule has 4 heteroatoms. The third kappa shape index (κ3) is 2.98. The summed E-state index contributed by atoms with van der Waals surface area (Å²) < 4.78 is 27.1. The van der Waals surface area contributed by atoms with Crippen LogP contribution in [0.3, 0.4) is 0 Å². The number of nitrogens with one attached hydrogen (secondary N) is 1. The van der Waals surface area contributed by atoms with Crippen molar-refractivity contribution in [2.24, 2.45) is 0 Å². The maximum absolute atomic E-state index is 13.9. The number of carbonyl (C=O) groups excluding carboxylic acids is 1. The number of hydrogen-bond donors (Lipinski definition) is 1. The van der Waals surface area contributed by atoms with Gasteiger partial charge in [-0.05, 0) is 55.2 Å². The fourth-order valence-electron chi connectivity index (χ4n) is 3.37. The minimum absolute atomic E-state index is 0.198. The standard InChI is InChI=1S/C19H19F2NO/c1-13-4-9-16(21)17(12-13)22-18(23)19(10-2-3-11-19)14-5-7-15(20)8-6-14/h4-9,12H,2-3,10-11H2,1H3,(H,22,23). The van der Waals surface area contributed by atoms with Gasteiger partial charge >= 0.3 is 0 Å². The molecule has 0 heterocycles. The summed E-state index contributed by atoms with van der Waals surface area (Å²) in [5, 5.41) is 2.74. The van der Waals surface area contributed by atoms with E-state index in [9.17, 15) is 13.6 Å². The van der Waals surface area contributed by atoms with E-state index in [1.165, 1.54) is 18.2 Å². The first kappa shape index (κ1) is 15.7. The SMILES string of the molecule is Cc1ccc(F)c(NC(=O)C2(c3ccc(F)cc3)CCCC2)c1. The van der Waals surface area contributed by atoms with Gasteiger partial charge in [0.1, 0.15) is 11.6 Å². The van der Waals surface area contributed by atoms with E-state index in [1.807, 2.05) is 6.92 Å². The Hall–Kier alpha value is -2.23. The van der Waals surface area contributed by atoms with Gasteiger partial charge in [-0.25, -0.2) is 8.78 Å². The molecule has 0 unspecified atom stereocenters. The van der Waals surface area contributed by atoms with Gasteiger partial charge in [-0.15, -0.1) is 0 Å². The zero-order valence-corrected chi connectivity index (χ0v) is 13.0. The predicted molar refractivity (Wildman–Crippen MR) is 86.3 cm³/mol. The van der Waals surface area contributed by atoms with Gasteiger partial charge in [0.05, 0.1) is 11.1 Å². The minimum atomic E-state index is -0.704. The number of rotatable bonds is 3. The Morgan fingerprint density at radius 3 is 2.35 bits per heavy atom. The van der Waals surface area contributed by atoms with E-state index in [0.717, 1.165) is 24.0 Å². The second kappa shape index (κ2) is 6.11. The molecule has 1 aliphatic rings. The zero-order valence-electron chi connectivity index (χ0n) is 13.0. The lowest BCUT2D eigenvalue weighted by molar-refractivity contribution is -0.121. The van der Waals surface area contributed by atoms with Crippen LogP contribution in [0.4, 0.5) is 14.5 Å². The van der Waals surface area contributed by atoms with Gasteiger partial charge in [-0.1, -0.05) is 31.0 Å². The Morgan fingerprint density at radius 1 is 1.04 bits per heavy atom. The van der Waals surface area contributed by atoms with Crippen molar-refractivity contribution < 1.29 is 13.6 Å². The number of halogens is 2. The average molecular weight is 315 g/mol. The van der Waals surface area contributed by atoms with E-state index >= 15 is 0 Å². The molecule has 1 aliphatic carbocycles. The Bertz CT molecular complexity index is 719. The first-order valence-corrected chi connectivity index (χ1v) is 7.85. The molecule has 0 aromatic heterocycles. The molecule has 0 saturated heterocycles. The molecule has 2 aromatic carbocycles. The molecule has 23 heavy (non-hydrogen) atoms. The Balaban J connectivity index is 1.93. The van der Waals surface area contributed by atoms with E-state index < -0.39 is 11.2 Å². The van der Waals surface area contributed by atoms with E-state index in [4.69, 9.17) is 0 Å². The Kier molecular flexibility index (Phi) is 4.16. The molecule has 2 aromatic rings. The molecule has 0 aliphatic heterocycles. The number of aryl methyl sites for hydroxylation is 1. The Morgan fingerprint density at radius 2 is 1.70 bits per heavy atom. The molecule has 0 spiro atoms. The van der Waals surface area contributed by atoms with Crippen LogP contribution in [-0.4, -0.2) is 5.91 Å². The van der Waals surface area contributed by atoms with Crippen LogP contribution in [0, 0.1) is 18.6 Å². The van der Waals surface area contributed by atoms with Crippen LogP contribution in [0.2, 0.25) is 0 Å². The molecule has 1 amide bonds. The first-order valence-electron chi connectivity index (χ1n) is 7.85. The van der Waals surface area contributed by atoms with Crippen LogP contribution in [0.5, 0.6) is 0 Å². The first-order chi connectivity index (χ1) is 11.0. The predicted octanol–water partition coefficient (Wildman–Crippen LogP) is 4.72. The second-order valence-corrected chi connectivity index (χ2v) is 6.23. The quantitative estimate of drug-likeness (QED) is 0.872. The van der Waals surface area contributed by atoms with Gasteiger partial charge in [-0.2, -0.15) is 0 Å². The lowest BCUT2D eigenvalue weighted by Gasteiger charge is -2.28. The van der Waals surface area contributed by atoms with Gasteiger partial charge < -0.3 is 5.32 Å². The molecule has 1 N–H and O–H groups in total. The molecule has 0 atom stereocenters. The number of carbonyl (C=O) groups is 1. The van der Waals surface area contributed by atoms with Crippen LogP contribution in [0.1, 0.15) is 36.8 Å². The molecule has 0 radical (unpaired) electrons. The number of amides is 1. The van der Waals surface area contributed by atoms with Crippen molar-refractivity contribution in [3.63, 3.8) is 0 Å². The van der Waals surface area contributed by atoms with Crippen molar-refractivity contribution in [2.45, 2.75) is 38.0 Å². The van der Waals surface area contributed by atoms with Gasteiger partial charge in [0, 0.05) is 0 Å². The van der Waals surface area contributed by atoms with Crippen molar-refractivity contribution in [3.8, 4) is 0 Å². The fraction of sp³-hybridized carbons (Fsp3) is 0.316. The molecular formula is C19H19F2NO. The lowest BCUT2D eigenvalue weighted by Crippen LogP contribution is -2.38. The summed E-state index contributed by atoms with van der Waals surface area (Å²) in [5.41, 5.74) is 1.17. The van der Waals surface area contributed by atoms with Crippen molar-refractivity contribution >= 4 is 11.6 Å². The minimum Gasteiger partial charge on any atom is -0.323 e. The smallest absolute Gasteiger partial charge is 0.235 e. The normalized spacial score (nSPS) is 16.3. The summed E-state index contributed by atoms with van der Waals surface area (Å²) in [6.07, 6.45) is 3.25. The van der Waals surface area contributed by atoms with Crippen molar-refractivity contribution in [3.05, 3.63) is 65.2 Å². The highest BCUT2D eigenvalue weighted by molar-refractivity contribution is 5.99. The topological polar surface area (TPSA) is 29.1 Å². The summed E-state index contributed by atoms with van der Waals surface area (Å²) >= 11 is 0. The maximum atomic E-state index is 13.9. The van der Waals surface area contributed by atoms with E-state index in [1.54, 1.807) is 24.3 Å². The van der Waals surface area contributed by atoms with Crippen LogP contribution in [0.25, 0.3) is 0 Å². The van der Waals surface area contributed by atoms with Gasteiger partial charge in [-0.3, -0.25) is 4.79 Å². The highest BCUT2D eigenvalue weighted by Crippen LogP contribution is 2.42.